The van der Waals surface area contributed by atoms with Crippen LogP contribution in [0.4, 0.5) is 0 Å². The largest absolute Gasteiger partial charge is 0.376 e. The summed E-state index contributed by atoms with van der Waals surface area (Å²) in [6.45, 7) is 4.30. The van der Waals surface area contributed by atoms with E-state index in [1.165, 1.54) is 32.2 Å². The Bertz CT molecular complexity index is 763. The lowest BCUT2D eigenvalue weighted by atomic mass is 10.1. The van der Waals surface area contributed by atoms with E-state index in [1.807, 2.05) is 31.3 Å². The number of carbonyl (C=O) groups is 1. The Hall–Kier alpha value is -1.39. The highest BCUT2D eigenvalue weighted by Crippen LogP contribution is 2.26. The van der Waals surface area contributed by atoms with Crippen molar-refractivity contribution < 1.29 is 9.53 Å². The summed E-state index contributed by atoms with van der Waals surface area (Å²) < 4.78 is 5.58. The van der Waals surface area contributed by atoms with Crippen LogP contribution in [0.3, 0.4) is 0 Å². The minimum atomic E-state index is -0.0437. The summed E-state index contributed by atoms with van der Waals surface area (Å²) in [6.07, 6.45) is 8.91. The number of ether oxygens (including phenoxy) is 1. The second kappa shape index (κ2) is 12.7. The third kappa shape index (κ3) is 7.05. The number of nitrogens with zero attached hydrogens (tertiary/aromatic N) is 2. The molecule has 0 spiro atoms. The molecule has 1 aromatic carbocycles. The SMILES string of the molecule is CN=C(NCc1cccc(C(=O)NCC2CCCO2)c1)NC1CCN(C2CCCC2)C1.I. The number of nitrogens with one attached hydrogen (secondary N) is 3. The summed E-state index contributed by atoms with van der Waals surface area (Å²) in [5.74, 6) is 0.782. The molecule has 8 heteroatoms. The fourth-order valence-corrected chi connectivity index (χ4v) is 5.02. The van der Waals surface area contributed by atoms with Gasteiger partial charge in [0.1, 0.15) is 0 Å². The summed E-state index contributed by atoms with van der Waals surface area (Å²) in [5.41, 5.74) is 1.75. The fourth-order valence-electron chi connectivity index (χ4n) is 5.02. The average Bonchev–Trinajstić information content (AvgIpc) is 3.57. The van der Waals surface area contributed by atoms with Gasteiger partial charge in [-0.1, -0.05) is 25.0 Å². The molecule has 32 heavy (non-hydrogen) atoms. The van der Waals surface area contributed by atoms with E-state index in [1.54, 1.807) is 0 Å². The first-order valence-electron chi connectivity index (χ1n) is 11.9. The normalized spacial score (nSPS) is 24.3. The zero-order chi connectivity index (χ0) is 21.5. The van der Waals surface area contributed by atoms with Gasteiger partial charge in [-0.25, -0.2) is 0 Å². The Morgan fingerprint density at radius 2 is 2.00 bits per heavy atom. The van der Waals surface area contributed by atoms with Crippen LogP contribution in [0.5, 0.6) is 0 Å². The average molecular weight is 556 g/mol. The van der Waals surface area contributed by atoms with Crippen LogP contribution in [-0.4, -0.2) is 68.2 Å². The molecular weight excluding hydrogens is 517 g/mol. The summed E-state index contributed by atoms with van der Waals surface area (Å²) in [6, 6.07) is 9.01. The molecule has 2 saturated heterocycles. The molecule has 2 atom stereocenters. The van der Waals surface area contributed by atoms with Crippen LogP contribution in [0.1, 0.15) is 60.9 Å². The van der Waals surface area contributed by atoms with Crippen molar-refractivity contribution in [2.24, 2.45) is 4.99 Å². The molecule has 4 rings (SSSR count). The minimum absolute atomic E-state index is 0. The number of benzene rings is 1. The minimum Gasteiger partial charge on any atom is -0.376 e. The molecule has 1 aromatic rings. The number of hydrogen-bond donors (Lipinski definition) is 3. The molecular formula is C24H38IN5O2. The Kier molecular flexibility index (Phi) is 10.1. The highest BCUT2D eigenvalue weighted by Gasteiger charge is 2.30. The monoisotopic (exact) mass is 555 g/mol. The van der Waals surface area contributed by atoms with Gasteiger partial charge in [0, 0.05) is 57.5 Å². The first-order valence-corrected chi connectivity index (χ1v) is 11.9. The van der Waals surface area contributed by atoms with Crippen LogP contribution in [0.25, 0.3) is 0 Å². The molecule has 178 valence electrons. The highest BCUT2D eigenvalue weighted by molar-refractivity contribution is 14.0. The van der Waals surface area contributed by atoms with Crippen molar-refractivity contribution in [3.8, 4) is 0 Å². The first-order chi connectivity index (χ1) is 15.2. The molecule has 3 fully saturated rings. The van der Waals surface area contributed by atoms with Gasteiger partial charge in [0.25, 0.3) is 5.91 Å². The van der Waals surface area contributed by atoms with E-state index in [0.29, 0.717) is 24.7 Å². The summed E-state index contributed by atoms with van der Waals surface area (Å²) >= 11 is 0. The zero-order valence-electron chi connectivity index (χ0n) is 19.1. The summed E-state index contributed by atoms with van der Waals surface area (Å²) in [4.78, 5) is 19.5. The molecule has 3 N–H and O–H groups in total. The molecule has 1 aliphatic carbocycles. The van der Waals surface area contributed by atoms with Crippen molar-refractivity contribution in [2.45, 2.75) is 69.7 Å². The van der Waals surface area contributed by atoms with E-state index in [9.17, 15) is 4.79 Å². The molecule has 1 amide bonds. The molecule has 2 aliphatic heterocycles. The van der Waals surface area contributed by atoms with Crippen molar-refractivity contribution in [2.75, 3.05) is 33.3 Å². The van der Waals surface area contributed by atoms with Gasteiger partial charge in [-0.3, -0.25) is 14.7 Å². The maximum atomic E-state index is 12.5. The number of hydrogen-bond acceptors (Lipinski definition) is 4. The lowest BCUT2D eigenvalue weighted by molar-refractivity contribution is 0.0857. The van der Waals surface area contributed by atoms with Crippen LogP contribution < -0.4 is 16.0 Å². The Labute approximate surface area is 209 Å². The van der Waals surface area contributed by atoms with Crippen molar-refractivity contribution in [3.05, 3.63) is 35.4 Å². The van der Waals surface area contributed by atoms with E-state index in [0.717, 1.165) is 50.0 Å². The van der Waals surface area contributed by atoms with Gasteiger partial charge in [0.05, 0.1) is 6.10 Å². The molecule has 0 radical (unpaired) electrons. The Balaban J connectivity index is 0.00000289. The molecule has 2 unspecified atom stereocenters. The van der Waals surface area contributed by atoms with Crippen molar-refractivity contribution in [1.82, 2.24) is 20.9 Å². The van der Waals surface area contributed by atoms with Crippen LogP contribution in [0, 0.1) is 0 Å². The Morgan fingerprint density at radius 1 is 1.16 bits per heavy atom. The maximum Gasteiger partial charge on any atom is 0.251 e. The standard InChI is InChI=1S/C24H37N5O2.HI/c1-25-24(28-20-11-12-29(17-20)21-8-2-3-9-21)27-15-18-6-4-7-19(14-18)23(30)26-16-22-10-5-13-31-22;/h4,6-7,14,20-22H,2-3,5,8-13,15-17H2,1H3,(H,26,30)(H2,25,27,28);1H. The number of halogens is 1. The van der Waals surface area contributed by atoms with Crippen LogP contribution in [-0.2, 0) is 11.3 Å². The van der Waals surface area contributed by atoms with Gasteiger partial charge in [-0.2, -0.15) is 0 Å². The molecule has 3 aliphatic rings. The predicted molar refractivity (Wildman–Crippen MR) is 139 cm³/mol. The van der Waals surface area contributed by atoms with Gasteiger partial charge < -0.3 is 20.7 Å². The second-order valence-electron chi connectivity index (χ2n) is 9.03. The second-order valence-corrected chi connectivity index (χ2v) is 9.03. The number of guanidine groups is 1. The fraction of sp³-hybridized carbons (Fsp3) is 0.667. The third-order valence-electron chi connectivity index (χ3n) is 6.79. The predicted octanol–water partition coefficient (Wildman–Crippen LogP) is 2.90. The lowest BCUT2D eigenvalue weighted by Crippen LogP contribution is -2.45. The van der Waals surface area contributed by atoms with E-state index in [-0.39, 0.29) is 36.0 Å². The molecule has 1 saturated carbocycles. The molecule has 7 nitrogen and oxygen atoms in total. The molecule has 2 heterocycles. The third-order valence-corrected chi connectivity index (χ3v) is 6.79. The van der Waals surface area contributed by atoms with Crippen molar-refractivity contribution in [3.63, 3.8) is 0 Å². The van der Waals surface area contributed by atoms with Gasteiger partial charge in [-0.05, 0) is 49.8 Å². The van der Waals surface area contributed by atoms with Gasteiger partial charge in [-0.15, -0.1) is 24.0 Å². The summed E-state index contributed by atoms with van der Waals surface area (Å²) in [5, 5.41) is 9.99. The number of rotatable bonds is 7. The van der Waals surface area contributed by atoms with Crippen LogP contribution >= 0.6 is 24.0 Å². The van der Waals surface area contributed by atoms with Crippen LogP contribution in [0.2, 0.25) is 0 Å². The topological polar surface area (TPSA) is 78.0 Å². The van der Waals surface area contributed by atoms with Gasteiger partial charge in [0.2, 0.25) is 0 Å². The molecule has 0 aromatic heterocycles. The van der Waals surface area contributed by atoms with Gasteiger partial charge >= 0.3 is 0 Å². The highest BCUT2D eigenvalue weighted by atomic mass is 127. The van der Waals surface area contributed by atoms with E-state index in [2.05, 4.69) is 25.8 Å². The zero-order valence-corrected chi connectivity index (χ0v) is 21.5. The van der Waals surface area contributed by atoms with Crippen LogP contribution in [0.15, 0.2) is 29.3 Å². The summed E-state index contributed by atoms with van der Waals surface area (Å²) in [7, 11) is 1.81. The number of aliphatic imine (C=N–C) groups is 1. The lowest BCUT2D eigenvalue weighted by Gasteiger charge is -2.24. The number of carbonyl (C=O) groups excluding carboxylic acids is 1. The quantitative estimate of drug-likeness (QED) is 0.274. The van der Waals surface area contributed by atoms with E-state index >= 15 is 0 Å². The number of likely N-dealkylation sites (tertiary alicyclic amines) is 1. The van der Waals surface area contributed by atoms with E-state index in [4.69, 9.17) is 4.74 Å². The van der Waals surface area contributed by atoms with Crippen molar-refractivity contribution in [1.29, 1.82) is 0 Å². The van der Waals surface area contributed by atoms with E-state index < -0.39 is 0 Å². The van der Waals surface area contributed by atoms with Gasteiger partial charge in [0.15, 0.2) is 5.96 Å². The first kappa shape index (κ1) is 25.2. The smallest absolute Gasteiger partial charge is 0.251 e. The maximum absolute atomic E-state index is 12.5. The number of amides is 1. The molecule has 0 bridgehead atoms. The van der Waals surface area contributed by atoms with Crippen molar-refractivity contribution >= 4 is 35.8 Å². The Morgan fingerprint density at radius 3 is 2.75 bits per heavy atom.